The smallest absolute Gasteiger partial charge is 0.191 e. The minimum Gasteiger partial charge on any atom is -0.469 e. The van der Waals surface area contributed by atoms with E-state index in [4.69, 9.17) is 4.42 Å². The van der Waals surface area contributed by atoms with Gasteiger partial charge in [-0.1, -0.05) is 12.8 Å². The maximum absolute atomic E-state index is 5.36. The van der Waals surface area contributed by atoms with Crippen LogP contribution in [0.25, 0.3) is 0 Å². The average Bonchev–Trinajstić information content (AvgIpc) is 3.28. The second-order valence-electron chi connectivity index (χ2n) is 5.85. The molecule has 0 aliphatic heterocycles. The number of aryl methyl sites for hydroxylation is 1. The number of aromatic nitrogens is 3. The minimum absolute atomic E-state index is 0. The number of nitrogens with one attached hydrogen (secondary N) is 2. The molecule has 2 N–H and O–H groups in total. The van der Waals surface area contributed by atoms with E-state index in [0.717, 1.165) is 30.5 Å². The van der Waals surface area contributed by atoms with Gasteiger partial charge >= 0.3 is 0 Å². The predicted octanol–water partition coefficient (Wildman–Crippen LogP) is 2.25. The summed E-state index contributed by atoms with van der Waals surface area (Å²) in [5.74, 6) is 2.67. The Morgan fingerprint density at radius 2 is 2.25 bits per heavy atom. The molecule has 1 saturated carbocycles. The van der Waals surface area contributed by atoms with Crippen LogP contribution in [0.2, 0.25) is 0 Å². The normalized spacial score (nSPS) is 15.3. The van der Waals surface area contributed by atoms with Crippen LogP contribution in [0.4, 0.5) is 0 Å². The van der Waals surface area contributed by atoms with Crippen LogP contribution in [0.3, 0.4) is 0 Å². The van der Waals surface area contributed by atoms with Crippen molar-refractivity contribution in [2.24, 2.45) is 12.0 Å². The molecule has 1 aliphatic carbocycles. The van der Waals surface area contributed by atoms with Gasteiger partial charge in [-0.25, -0.2) is 9.98 Å². The van der Waals surface area contributed by atoms with Gasteiger partial charge in [0, 0.05) is 26.1 Å². The summed E-state index contributed by atoms with van der Waals surface area (Å²) in [5, 5.41) is 11.0. The van der Waals surface area contributed by atoms with Crippen molar-refractivity contribution in [3.05, 3.63) is 36.3 Å². The second kappa shape index (κ2) is 9.65. The Morgan fingerprint density at radius 3 is 2.92 bits per heavy atom. The van der Waals surface area contributed by atoms with E-state index in [9.17, 15) is 0 Å². The number of halogens is 1. The number of guanidine groups is 1. The number of hydrogen-bond donors (Lipinski definition) is 2. The van der Waals surface area contributed by atoms with Gasteiger partial charge in [-0.3, -0.25) is 4.68 Å². The van der Waals surface area contributed by atoms with Gasteiger partial charge in [0.2, 0.25) is 0 Å². The molecule has 2 aromatic rings. The maximum atomic E-state index is 5.36. The molecule has 8 heteroatoms. The molecule has 7 nitrogen and oxygen atoms in total. The van der Waals surface area contributed by atoms with Crippen LogP contribution in [0.15, 0.2) is 34.1 Å². The summed E-state index contributed by atoms with van der Waals surface area (Å²) in [4.78, 5) is 8.86. The molecule has 0 atom stereocenters. The molecule has 0 saturated heterocycles. The lowest BCUT2D eigenvalue weighted by Gasteiger charge is -2.17. The molecule has 0 amide bonds. The summed E-state index contributed by atoms with van der Waals surface area (Å²) in [6, 6.07) is 4.42. The summed E-state index contributed by atoms with van der Waals surface area (Å²) in [7, 11) is 1.88. The van der Waals surface area contributed by atoms with Gasteiger partial charge in [0.05, 0.1) is 6.26 Å². The second-order valence-corrected chi connectivity index (χ2v) is 5.85. The van der Waals surface area contributed by atoms with Gasteiger partial charge in [-0.2, -0.15) is 5.10 Å². The van der Waals surface area contributed by atoms with Crippen LogP contribution in [-0.4, -0.2) is 33.3 Å². The SMILES string of the molecule is Cn1ncnc1CN=C(NCCc1ccco1)NC1CCCC1.I. The molecule has 132 valence electrons. The van der Waals surface area contributed by atoms with Crippen molar-refractivity contribution in [1.82, 2.24) is 25.4 Å². The predicted molar refractivity (Wildman–Crippen MR) is 103 cm³/mol. The summed E-state index contributed by atoms with van der Waals surface area (Å²) in [5.41, 5.74) is 0. The fraction of sp³-hybridized carbons (Fsp3) is 0.562. The number of hydrogen-bond acceptors (Lipinski definition) is 4. The van der Waals surface area contributed by atoms with Crippen LogP contribution in [0.1, 0.15) is 37.3 Å². The van der Waals surface area contributed by atoms with E-state index < -0.39 is 0 Å². The summed E-state index contributed by atoms with van der Waals surface area (Å²) < 4.78 is 7.11. The topological polar surface area (TPSA) is 80.3 Å². The number of aliphatic imine (C=N–C) groups is 1. The molecule has 2 heterocycles. The van der Waals surface area contributed by atoms with E-state index in [-0.39, 0.29) is 24.0 Å². The first-order chi connectivity index (χ1) is 11.3. The van der Waals surface area contributed by atoms with Gasteiger partial charge in [-0.05, 0) is 25.0 Å². The molecule has 0 spiro atoms. The number of furan rings is 1. The Labute approximate surface area is 159 Å². The summed E-state index contributed by atoms with van der Waals surface area (Å²) >= 11 is 0. The van der Waals surface area contributed by atoms with E-state index in [1.807, 2.05) is 19.2 Å². The lowest BCUT2D eigenvalue weighted by atomic mass is 10.2. The highest BCUT2D eigenvalue weighted by atomic mass is 127. The third-order valence-electron chi connectivity index (χ3n) is 4.12. The van der Waals surface area contributed by atoms with Crippen molar-refractivity contribution < 1.29 is 4.42 Å². The van der Waals surface area contributed by atoms with Crippen molar-refractivity contribution in [2.75, 3.05) is 6.54 Å². The molecule has 2 aromatic heterocycles. The van der Waals surface area contributed by atoms with Crippen LogP contribution < -0.4 is 10.6 Å². The van der Waals surface area contributed by atoms with E-state index in [2.05, 4.69) is 25.7 Å². The van der Waals surface area contributed by atoms with Crippen molar-refractivity contribution in [3.63, 3.8) is 0 Å². The van der Waals surface area contributed by atoms with Crippen molar-refractivity contribution in [1.29, 1.82) is 0 Å². The zero-order chi connectivity index (χ0) is 15.9. The zero-order valence-corrected chi connectivity index (χ0v) is 16.3. The Balaban J connectivity index is 0.00000208. The Morgan fingerprint density at radius 1 is 1.42 bits per heavy atom. The Kier molecular flexibility index (Phi) is 7.54. The van der Waals surface area contributed by atoms with Crippen molar-refractivity contribution in [3.8, 4) is 0 Å². The van der Waals surface area contributed by atoms with Gasteiger partial charge in [0.1, 0.15) is 24.5 Å². The first-order valence-corrected chi connectivity index (χ1v) is 8.21. The van der Waals surface area contributed by atoms with Gasteiger partial charge in [-0.15, -0.1) is 24.0 Å². The summed E-state index contributed by atoms with van der Waals surface area (Å²) in [6.45, 7) is 1.30. The molecule has 0 aromatic carbocycles. The van der Waals surface area contributed by atoms with Crippen LogP contribution >= 0.6 is 24.0 Å². The quantitative estimate of drug-likeness (QED) is 0.406. The molecule has 3 rings (SSSR count). The molecular weight excluding hydrogens is 419 g/mol. The number of nitrogens with zero attached hydrogens (tertiary/aromatic N) is 4. The highest BCUT2D eigenvalue weighted by Crippen LogP contribution is 2.17. The van der Waals surface area contributed by atoms with Crippen LogP contribution in [-0.2, 0) is 20.0 Å². The molecule has 1 fully saturated rings. The molecule has 0 radical (unpaired) electrons. The van der Waals surface area contributed by atoms with Crippen LogP contribution in [0, 0.1) is 0 Å². The maximum Gasteiger partial charge on any atom is 0.191 e. The van der Waals surface area contributed by atoms with E-state index >= 15 is 0 Å². The summed E-state index contributed by atoms with van der Waals surface area (Å²) in [6.07, 6.45) is 9.10. The van der Waals surface area contributed by atoms with Crippen LogP contribution in [0.5, 0.6) is 0 Å². The molecule has 0 unspecified atom stereocenters. The fourth-order valence-electron chi connectivity index (χ4n) is 2.79. The zero-order valence-electron chi connectivity index (χ0n) is 13.9. The number of rotatable bonds is 6. The molecule has 24 heavy (non-hydrogen) atoms. The van der Waals surface area contributed by atoms with Crippen molar-refractivity contribution >= 4 is 29.9 Å². The monoisotopic (exact) mass is 444 g/mol. The Hall–Kier alpha value is -1.58. The third kappa shape index (κ3) is 5.50. The van der Waals surface area contributed by atoms with E-state index in [0.29, 0.717) is 12.6 Å². The fourth-order valence-corrected chi connectivity index (χ4v) is 2.79. The van der Waals surface area contributed by atoms with E-state index in [1.165, 1.54) is 25.7 Å². The van der Waals surface area contributed by atoms with E-state index in [1.54, 1.807) is 17.3 Å². The first-order valence-electron chi connectivity index (χ1n) is 8.21. The standard InChI is InChI=1S/C16H24N6O.HI/c1-22-15(19-12-20-22)11-18-16(21-13-5-2-3-6-13)17-9-8-14-7-4-10-23-14;/h4,7,10,12-13H,2-3,5-6,8-9,11H2,1H3,(H2,17,18,21);1H. The lowest BCUT2D eigenvalue weighted by Crippen LogP contribution is -2.43. The van der Waals surface area contributed by atoms with Gasteiger partial charge in [0.15, 0.2) is 5.96 Å². The third-order valence-corrected chi connectivity index (χ3v) is 4.12. The highest BCUT2D eigenvalue weighted by Gasteiger charge is 2.16. The lowest BCUT2D eigenvalue weighted by molar-refractivity contribution is 0.505. The molecule has 1 aliphatic rings. The first kappa shape index (κ1) is 18.8. The van der Waals surface area contributed by atoms with Gasteiger partial charge in [0.25, 0.3) is 0 Å². The van der Waals surface area contributed by atoms with Crippen molar-refractivity contribution in [2.45, 2.75) is 44.7 Å². The average molecular weight is 444 g/mol. The largest absolute Gasteiger partial charge is 0.469 e. The van der Waals surface area contributed by atoms with Gasteiger partial charge < -0.3 is 15.1 Å². The molecule has 0 bridgehead atoms. The highest BCUT2D eigenvalue weighted by molar-refractivity contribution is 14.0. The minimum atomic E-state index is 0. The Bertz CT molecular complexity index is 618. The molecular formula is C16H25IN6O.